The lowest BCUT2D eigenvalue weighted by Gasteiger charge is -2.32. The van der Waals surface area contributed by atoms with E-state index < -0.39 is 12.3 Å². The average Bonchev–Trinajstić information content (AvgIpc) is 4.02. The number of carbonyl (C=O) groups excluding carboxylic acids is 2. The summed E-state index contributed by atoms with van der Waals surface area (Å²) in [7, 11) is 0. The van der Waals surface area contributed by atoms with Crippen molar-refractivity contribution >= 4 is 23.0 Å². The van der Waals surface area contributed by atoms with Crippen LogP contribution in [0.2, 0.25) is 0 Å². The Labute approximate surface area is 278 Å². The Morgan fingerprint density at radius 3 is 2.30 bits per heavy atom. The number of nitrogens with one attached hydrogen (secondary N) is 3. The minimum Gasteiger partial charge on any atom is -0.445 e. The van der Waals surface area contributed by atoms with E-state index in [1.807, 2.05) is 79.7 Å². The maximum absolute atomic E-state index is 13.0. The van der Waals surface area contributed by atoms with Gasteiger partial charge in [-0.1, -0.05) is 87.7 Å². The molecule has 0 aliphatic heterocycles. The predicted octanol–water partition coefficient (Wildman–Crippen LogP) is 7.33. The van der Waals surface area contributed by atoms with Crippen molar-refractivity contribution in [3.63, 3.8) is 0 Å². The van der Waals surface area contributed by atoms with Crippen molar-refractivity contribution in [1.82, 2.24) is 25.5 Å². The van der Waals surface area contributed by atoms with E-state index in [-0.39, 0.29) is 24.6 Å². The van der Waals surface area contributed by atoms with Crippen LogP contribution in [0.3, 0.4) is 0 Å². The summed E-state index contributed by atoms with van der Waals surface area (Å²) >= 11 is 0. The molecule has 3 aromatic carbocycles. The molecule has 2 aliphatic rings. The number of hydrogen-bond acceptors (Lipinski definition) is 6. The van der Waals surface area contributed by atoms with Crippen molar-refractivity contribution in [3.8, 4) is 0 Å². The van der Waals surface area contributed by atoms with Gasteiger partial charge in [-0.2, -0.15) is 0 Å². The zero-order valence-electron chi connectivity index (χ0n) is 28.0. The lowest BCUT2D eigenvalue weighted by atomic mass is 10.0. The fraction of sp³-hybridized carbons (Fsp3) is 0.447. The van der Waals surface area contributed by atoms with Crippen LogP contribution in [-0.2, 0) is 29.2 Å². The molecule has 2 saturated carbocycles. The van der Waals surface area contributed by atoms with Crippen LogP contribution in [0.25, 0.3) is 11.0 Å². The Morgan fingerprint density at radius 2 is 1.64 bits per heavy atom. The van der Waals surface area contributed by atoms with Crippen molar-refractivity contribution in [2.45, 2.75) is 90.8 Å². The molecule has 1 unspecified atom stereocenters. The number of amides is 2. The normalized spacial score (nSPS) is 15.4. The molecule has 4 aromatic rings. The molecule has 9 heteroatoms. The van der Waals surface area contributed by atoms with E-state index in [9.17, 15) is 9.59 Å². The van der Waals surface area contributed by atoms with E-state index in [0.717, 1.165) is 47.0 Å². The summed E-state index contributed by atoms with van der Waals surface area (Å²) in [5.74, 6) is 1.61. The van der Waals surface area contributed by atoms with Gasteiger partial charge in [0.1, 0.15) is 18.7 Å². The number of fused-ring (bicyclic) bond motifs is 1. The number of aromatic nitrogens is 2. The van der Waals surface area contributed by atoms with Crippen LogP contribution in [0.15, 0.2) is 78.9 Å². The number of ether oxygens (including phenoxy) is 2. The molecule has 0 spiro atoms. The maximum atomic E-state index is 13.0. The van der Waals surface area contributed by atoms with Crippen molar-refractivity contribution in [1.29, 1.82) is 0 Å². The van der Waals surface area contributed by atoms with Crippen LogP contribution < -0.4 is 10.6 Å². The average molecular weight is 640 g/mol. The lowest BCUT2D eigenvalue weighted by Crippen LogP contribution is -2.45. The number of benzene rings is 3. The number of H-pyrrole nitrogens is 1. The molecule has 1 atom stereocenters. The summed E-state index contributed by atoms with van der Waals surface area (Å²) < 4.78 is 10.9. The number of para-hydroxylation sites is 2. The third kappa shape index (κ3) is 10.1. The highest BCUT2D eigenvalue weighted by Gasteiger charge is 2.50. The first-order valence-electron chi connectivity index (χ1n) is 17.1. The molecule has 2 amide bonds. The van der Waals surface area contributed by atoms with Gasteiger partial charge in [0.15, 0.2) is 0 Å². The van der Waals surface area contributed by atoms with E-state index in [4.69, 9.17) is 14.5 Å². The third-order valence-electron chi connectivity index (χ3n) is 8.54. The molecule has 0 radical (unpaired) electrons. The Hall–Kier alpha value is -4.21. The minimum absolute atomic E-state index is 0.115. The van der Waals surface area contributed by atoms with Crippen LogP contribution in [0.1, 0.15) is 86.6 Å². The molecule has 1 aromatic heterocycles. The van der Waals surface area contributed by atoms with Crippen LogP contribution >= 0.6 is 0 Å². The van der Waals surface area contributed by atoms with Gasteiger partial charge >= 0.3 is 6.09 Å². The second-order valence-corrected chi connectivity index (χ2v) is 12.7. The SMILES string of the molecule is CCC.CCOC(CNC(=O)c1ccc(CN(Cc2nc3ccccc3[nH]2)C2(CC3CC3)CC2)cc1)NC(=O)OCc1ccccc1. The highest BCUT2D eigenvalue weighted by Crippen LogP contribution is 2.52. The van der Waals surface area contributed by atoms with Crippen molar-refractivity contribution < 1.29 is 19.1 Å². The summed E-state index contributed by atoms with van der Waals surface area (Å²) in [4.78, 5) is 36.2. The Bertz CT molecular complexity index is 1530. The lowest BCUT2D eigenvalue weighted by molar-refractivity contribution is 0.0316. The van der Waals surface area contributed by atoms with Gasteiger partial charge in [-0.15, -0.1) is 0 Å². The summed E-state index contributed by atoms with van der Waals surface area (Å²) in [6.45, 7) is 8.29. The van der Waals surface area contributed by atoms with Crippen LogP contribution in [0.4, 0.5) is 4.79 Å². The molecule has 3 N–H and O–H groups in total. The fourth-order valence-corrected chi connectivity index (χ4v) is 5.82. The van der Waals surface area contributed by atoms with Crippen molar-refractivity contribution in [2.75, 3.05) is 13.2 Å². The van der Waals surface area contributed by atoms with Gasteiger partial charge in [-0.3, -0.25) is 15.0 Å². The van der Waals surface area contributed by atoms with E-state index in [0.29, 0.717) is 12.2 Å². The standard InChI is InChI=1S/C35H41N5O4.C3H8/c1-2-43-32(39-34(42)44-24-27-8-4-3-5-9-27)21-36-33(41)28-16-14-26(15-17-28)22-40(35(18-19-35)20-25-12-13-25)23-31-37-29-10-6-7-11-30(29)38-31;1-3-2/h3-11,14-17,25,32H,2,12-13,18-24H2,1H3,(H,36,41)(H,37,38)(H,39,42);3H2,1-2H3. The Balaban J connectivity index is 0.00000139. The van der Waals surface area contributed by atoms with Gasteiger partial charge in [-0.05, 0) is 67.5 Å². The van der Waals surface area contributed by atoms with E-state index in [1.54, 1.807) is 0 Å². The molecule has 9 nitrogen and oxygen atoms in total. The second kappa shape index (κ2) is 16.6. The Kier molecular flexibility index (Phi) is 12.0. The van der Waals surface area contributed by atoms with Crippen molar-refractivity contribution in [3.05, 3.63) is 101 Å². The largest absolute Gasteiger partial charge is 0.445 e. The van der Waals surface area contributed by atoms with Crippen molar-refractivity contribution in [2.24, 2.45) is 5.92 Å². The number of rotatable bonds is 15. The molecule has 47 heavy (non-hydrogen) atoms. The summed E-state index contributed by atoms with van der Waals surface area (Å²) in [6.07, 6.45) is 6.32. The van der Waals surface area contributed by atoms with Gasteiger partial charge in [-0.25, -0.2) is 9.78 Å². The van der Waals surface area contributed by atoms with Crippen LogP contribution in [0.5, 0.6) is 0 Å². The first-order valence-corrected chi connectivity index (χ1v) is 17.1. The molecule has 2 fully saturated rings. The summed E-state index contributed by atoms with van der Waals surface area (Å²) in [5, 5.41) is 5.55. The quantitative estimate of drug-likeness (QED) is 0.118. The zero-order chi connectivity index (χ0) is 33.1. The number of alkyl carbamates (subject to hydrolysis) is 1. The number of aromatic amines is 1. The molecule has 250 valence electrons. The molecule has 0 bridgehead atoms. The van der Waals surface area contributed by atoms with Gasteiger partial charge in [0, 0.05) is 24.3 Å². The molecule has 2 aliphatic carbocycles. The fourth-order valence-electron chi connectivity index (χ4n) is 5.82. The number of imidazole rings is 1. The highest BCUT2D eigenvalue weighted by molar-refractivity contribution is 5.94. The van der Waals surface area contributed by atoms with Gasteiger partial charge in [0.05, 0.1) is 24.1 Å². The van der Waals surface area contributed by atoms with Gasteiger partial charge in [0.2, 0.25) is 0 Å². The Morgan fingerprint density at radius 1 is 0.936 bits per heavy atom. The molecule has 6 rings (SSSR count). The smallest absolute Gasteiger partial charge is 0.409 e. The monoisotopic (exact) mass is 639 g/mol. The first-order chi connectivity index (χ1) is 22.9. The van der Waals surface area contributed by atoms with E-state index in [1.165, 1.54) is 38.5 Å². The van der Waals surface area contributed by atoms with Gasteiger partial charge < -0.3 is 19.8 Å². The number of nitrogens with zero attached hydrogens (tertiary/aromatic N) is 2. The molecular weight excluding hydrogens is 590 g/mol. The minimum atomic E-state index is -0.709. The van der Waals surface area contributed by atoms with E-state index in [2.05, 4.69) is 40.4 Å². The zero-order valence-corrected chi connectivity index (χ0v) is 28.0. The molecule has 0 saturated heterocycles. The van der Waals surface area contributed by atoms with Crippen LogP contribution in [-0.4, -0.2) is 51.8 Å². The topological polar surface area (TPSA) is 109 Å². The van der Waals surface area contributed by atoms with E-state index >= 15 is 0 Å². The highest BCUT2D eigenvalue weighted by atomic mass is 16.6. The molecule has 1 heterocycles. The second-order valence-electron chi connectivity index (χ2n) is 12.7. The van der Waals surface area contributed by atoms with Gasteiger partial charge in [0.25, 0.3) is 5.91 Å². The predicted molar refractivity (Wildman–Crippen MR) is 185 cm³/mol. The van der Waals surface area contributed by atoms with Crippen LogP contribution in [0, 0.1) is 5.92 Å². The number of hydrogen-bond donors (Lipinski definition) is 3. The maximum Gasteiger partial charge on any atom is 0.409 e. The summed E-state index contributed by atoms with van der Waals surface area (Å²) in [6, 6.07) is 25.4. The summed E-state index contributed by atoms with van der Waals surface area (Å²) in [5.41, 5.74) is 4.90. The molecular formula is C38H49N5O4. The number of carbonyl (C=O) groups is 2. The third-order valence-corrected chi connectivity index (χ3v) is 8.54. The first kappa shape index (κ1) is 34.1.